The highest BCUT2D eigenvalue weighted by atomic mass is 32.2. The Morgan fingerprint density at radius 3 is 2.05 bits per heavy atom. The maximum absolute atomic E-state index is 13.6. The largest absolute Gasteiger partial charge is 0.416 e. The third-order valence-corrected chi connectivity index (χ3v) is 8.75. The number of hydrogen-bond acceptors (Lipinski definition) is 4. The highest BCUT2D eigenvalue weighted by molar-refractivity contribution is 7.85. The minimum absolute atomic E-state index is 0.0112. The van der Waals surface area contributed by atoms with Crippen LogP contribution in [0.3, 0.4) is 0 Å². The van der Waals surface area contributed by atoms with Gasteiger partial charge in [0.1, 0.15) is 5.82 Å². The Hall–Kier alpha value is -2.51. The number of halogens is 7. The molecule has 2 fully saturated rings. The van der Waals surface area contributed by atoms with Crippen LogP contribution in [0.25, 0.3) is 0 Å². The van der Waals surface area contributed by atoms with Gasteiger partial charge in [0.2, 0.25) is 0 Å². The Morgan fingerprint density at radius 1 is 0.975 bits per heavy atom. The van der Waals surface area contributed by atoms with Crippen molar-refractivity contribution in [3.05, 3.63) is 70.5 Å². The summed E-state index contributed by atoms with van der Waals surface area (Å²) in [6.07, 6.45) is -9.59. The molecule has 0 spiro atoms. The highest BCUT2D eigenvalue weighted by Gasteiger charge is 2.38. The molecule has 1 atom stereocenters. The molecule has 2 aliphatic rings. The molecule has 0 bridgehead atoms. The number of benzene rings is 2. The van der Waals surface area contributed by atoms with Gasteiger partial charge in [0.25, 0.3) is 5.91 Å². The summed E-state index contributed by atoms with van der Waals surface area (Å²) in [5, 5.41) is 0. The van der Waals surface area contributed by atoms with Crippen molar-refractivity contribution in [1.82, 2.24) is 14.7 Å². The second-order valence-corrected chi connectivity index (χ2v) is 12.0. The molecule has 0 aromatic heterocycles. The summed E-state index contributed by atoms with van der Waals surface area (Å²) in [7, 11) is 0.568. The number of amides is 1. The van der Waals surface area contributed by atoms with Crippen molar-refractivity contribution in [1.29, 1.82) is 0 Å². The van der Waals surface area contributed by atoms with Gasteiger partial charge in [0.05, 0.1) is 11.1 Å². The van der Waals surface area contributed by atoms with Gasteiger partial charge in [-0.05, 0) is 48.9 Å². The summed E-state index contributed by atoms with van der Waals surface area (Å²) in [6.45, 7) is 3.88. The molecule has 40 heavy (non-hydrogen) atoms. The molecule has 2 aliphatic heterocycles. The molecule has 2 aromatic carbocycles. The van der Waals surface area contributed by atoms with Gasteiger partial charge in [0, 0.05) is 79.6 Å². The number of carbonyl (C=O) groups is 1. The first-order valence-corrected chi connectivity index (χ1v) is 14.3. The molecule has 5 nitrogen and oxygen atoms in total. The van der Waals surface area contributed by atoms with E-state index in [-0.39, 0.29) is 18.5 Å². The first-order chi connectivity index (χ1) is 18.7. The van der Waals surface area contributed by atoms with E-state index in [4.69, 9.17) is 0 Å². The number of nitrogens with zero attached hydrogens (tertiary/aromatic N) is 3. The fourth-order valence-corrected chi connectivity index (χ4v) is 6.20. The van der Waals surface area contributed by atoms with E-state index in [0.717, 1.165) is 31.1 Å². The Kier molecular flexibility index (Phi) is 9.25. The van der Waals surface area contributed by atoms with E-state index in [0.29, 0.717) is 48.2 Å². The van der Waals surface area contributed by atoms with Gasteiger partial charge in [-0.1, -0.05) is 12.1 Å². The number of hydrogen-bond donors (Lipinski definition) is 0. The van der Waals surface area contributed by atoms with Crippen molar-refractivity contribution in [3.8, 4) is 0 Å². The molecule has 0 radical (unpaired) electrons. The van der Waals surface area contributed by atoms with Gasteiger partial charge in [-0.3, -0.25) is 13.9 Å². The van der Waals surface area contributed by atoms with Crippen molar-refractivity contribution in [3.63, 3.8) is 0 Å². The standard InChI is InChI=1S/C27H30F7N3O2S/c1-35(25(38)20-12-21(26(29,30)31)14-22(13-20)27(32,33)34)15-19(18-2-4-23(28)5-3-18)6-7-36-16-24(17-36)37-8-10-40(39)11-9-37/h2-5,12-14,19,24H,6-11,15-17H2,1H3/t19-/m1/s1. The normalized spacial score (nSPS) is 18.9. The van der Waals surface area contributed by atoms with Crippen LogP contribution in [-0.4, -0.2) is 88.7 Å². The van der Waals surface area contributed by atoms with E-state index >= 15 is 0 Å². The highest BCUT2D eigenvalue weighted by Crippen LogP contribution is 2.36. The van der Waals surface area contributed by atoms with Crippen LogP contribution in [0.4, 0.5) is 30.7 Å². The molecule has 2 heterocycles. The fraction of sp³-hybridized carbons (Fsp3) is 0.519. The minimum Gasteiger partial charge on any atom is -0.341 e. The molecule has 220 valence electrons. The van der Waals surface area contributed by atoms with Crippen LogP contribution in [0.1, 0.15) is 39.4 Å². The molecule has 2 saturated heterocycles. The second-order valence-electron chi connectivity index (χ2n) is 10.3. The van der Waals surface area contributed by atoms with Crippen molar-refractivity contribution in [2.24, 2.45) is 0 Å². The van der Waals surface area contributed by atoms with Crippen molar-refractivity contribution in [2.45, 2.75) is 30.7 Å². The van der Waals surface area contributed by atoms with Gasteiger partial charge in [-0.2, -0.15) is 26.3 Å². The van der Waals surface area contributed by atoms with E-state index in [1.54, 1.807) is 12.1 Å². The van der Waals surface area contributed by atoms with Gasteiger partial charge in [-0.15, -0.1) is 0 Å². The summed E-state index contributed by atoms with van der Waals surface area (Å²) in [4.78, 5) is 18.7. The number of carbonyl (C=O) groups excluding carboxylic acids is 1. The van der Waals surface area contributed by atoms with Crippen LogP contribution in [0, 0.1) is 5.82 Å². The topological polar surface area (TPSA) is 43.9 Å². The maximum atomic E-state index is 13.6. The fourth-order valence-electron chi connectivity index (χ4n) is 5.12. The smallest absolute Gasteiger partial charge is 0.341 e. The zero-order chi connectivity index (χ0) is 29.2. The minimum atomic E-state index is -5.06. The molecular weight excluding hydrogens is 563 g/mol. The molecule has 4 rings (SSSR count). The van der Waals surface area contributed by atoms with Crippen LogP contribution in [0.15, 0.2) is 42.5 Å². The van der Waals surface area contributed by atoms with Crippen LogP contribution in [0.5, 0.6) is 0 Å². The molecule has 0 N–H and O–H groups in total. The number of likely N-dealkylation sites (tertiary alicyclic amines) is 1. The Labute approximate surface area is 230 Å². The zero-order valence-electron chi connectivity index (χ0n) is 21.8. The number of rotatable bonds is 8. The van der Waals surface area contributed by atoms with E-state index in [9.17, 15) is 39.7 Å². The SMILES string of the molecule is CN(C[C@@H](CCN1CC(N2CCS(=O)CC2)C1)c1ccc(F)cc1)C(=O)c1cc(C(F)(F)F)cc(C(F)(F)F)c1. The number of alkyl halides is 6. The zero-order valence-corrected chi connectivity index (χ0v) is 22.6. The van der Waals surface area contributed by atoms with Crippen LogP contribution in [0.2, 0.25) is 0 Å². The third kappa shape index (κ3) is 7.61. The molecule has 0 aliphatic carbocycles. The van der Waals surface area contributed by atoms with E-state index in [2.05, 4.69) is 9.80 Å². The van der Waals surface area contributed by atoms with Crippen molar-refractivity contribution >= 4 is 16.7 Å². The van der Waals surface area contributed by atoms with Gasteiger partial charge in [0.15, 0.2) is 0 Å². The molecule has 13 heteroatoms. The molecular formula is C27H30F7N3O2S. The Balaban J connectivity index is 1.45. The first-order valence-electron chi connectivity index (χ1n) is 12.8. The lowest BCUT2D eigenvalue weighted by molar-refractivity contribution is -0.143. The van der Waals surface area contributed by atoms with Crippen LogP contribution >= 0.6 is 0 Å². The molecule has 0 saturated carbocycles. The molecule has 1 amide bonds. The summed E-state index contributed by atoms with van der Waals surface area (Å²) in [5.74, 6) is -0.433. The van der Waals surface area contributed by atoms with Gasteiger partial charge in [-0.25, -0.2) is 4.39 Å². The van der Waals surface area contributed by atoms with Crippen LogP contribution < -0.4 is 0 Å². The predicted octanol–water partition coefficient (Wildman–Crippen LogP) is 4.86. The second kappa shape index (κ2) is 12.2. The predicted molar refractivity (Wildman–Crippen MR) is 137 cm³/mol. The summed E-state index contributed by atoms with van der Waals surface area (Å²) >= 11 is 0. The lowest BCUT2D eigenvalue weighted by Gasteiger charge is -2.47. The monoisotopic (exact) mass is 593 g/mol. The lowest BCUT2D eigenvalue weighted by Crippen LogP contribution is -2.61. The molecule has 0 unspecified atom stereocenters. The average molecular weight is 594 g/mol. The summed E-state index contributed by atoms with van der Waals surface area (Å²) < 4.78 is 105. The molecule has 2 aromatic rings. The third-order valence-electron chi connectivity index (χ3n) is 7.48. The van der Waals surface area contributed by atoms with E-state index < -0.39 is 51.6 Å². The van der Waals surface area contributed by atoms with Gasteiger partial charge < -0.3 is 9.80 Å². The van der Waals surface area contributed by atoms with E-state index in [1.807, 2.05) is 0 Å². The van der Waals surface area contributed by atoms with Gasteiger partial charge >= 0.3 is 12.4 Å². The maximum Gasteiger partial charge on any atom is 0.416 e. The number of likely N-dealkylation sites (N-methyl/N-ethyl adjacent to an activating group) is 1. The van der Waals surface area contributed by atoms with Crippen LogP contribution in [-0.2, 0) is 23.2 Å². The average Bonchev–Trinajstić information content (AvgIpc) is 2.86. The first kappa shape index (κ1) is 30.4. The lowest BCUT2D eigenvalue weighted by atomic mass is 9.93. The summed E-state index contributed by atoms with van der Waals surface area (Å²) in [5.41, 5.74) is -3.12. The quantitative estimate of drug-likeness (QED) is 0.411. The summed E-state index contributed by atoms with van der Waals surface area (Å²) in [6, 6.07) is 6.89. The van der Waals surface area contributed by atoms with Crippen molar-refractivity contribution < 1.29 is 39.7 Å². The Morgan fingerprint density at radius 2 is 1.52 bits per heavy atom. The van der Waals surface area contributed by atoms with Crippen molar-refractivity contribution in [2.75, 3.05) is 57.8 Å². The Bertz CT molecular complexity index is 1170. The van der Waals surface area contributed by atoms with E-state index in [1.165, 1.54) is 19.2 Å².